The maximum atomic E-state index is 12.9. The highest BCUT2D eigenvalue weighted by Gasteiger charge is 2.48. The van der Waals surface area contributed by atoms with Crippen LogP contribution in [0.25, 0.3) is 0 Å². The van der Waals surface area contributed by atoms with Crippen LogP contribution in [0.3, 0.4) is 0 Å². The fourth-order valence-electron chi connectivity index (χ4n) is 3.20. The zero-order chi connectivity index (χ0) is 22.4. The Morgan fingerprint density at radius 2 is 1.77 bits per heavy atom. The summed E-state index contributed by atoms with van der Waals surface area (Å²) in [5.41, 5.74) is 0.543. The Morgan fingerprint density at radius 3 is 2.42 bits per heavy atom. The second-order valence-electron chi connectivity index (χ2n) is 7.17. The van der Waals surface area contributed by atoms with Crippen LogP contribution in [0.15, 0.2) is 54.6 Å². The first kappa shape index (κ1) is 21.5. The molecule has 1 saturated heterocycles. The summed E-state index contributed by atoms with van der Waals surface area (Å²) in [6.07, 6.45) is -0.221. The number of hydrogen-bond donors (Lipinski definition) is 3. The summed E-state index contributed by atoms with van der Waals surface area (Å²) in [7, 11) is 0. The van der Waals surface area contributed by atoms with E-state index in [2.05, 4.69) is 16.0 Å². The van der Waals surface area contributed by atoms with Crippen molar-refractivity contribution in [2.24, 2.45) is 0 Å². The van der Waals surface area contributed by atoms with Crippen molar-refractivity contribution in [1.82, 2.24) is 20.9 Å². The molecule has 31 heavy (non-hydrogen) atoms. The lowest BCUT2D eigenvalue weighted by Gasteiger charge is -2.22. The normalized spacial score (nSPS) is 17.6. The van der Waals surface area contributed by atoms with Crippen molar-refractivity contribution >= 4 is 23.9 Å². The van der Waals surface area contributed by atoms with Crippen molar-refractivity contribution in [2.45, 2.75) is 25.4 Å². The summed E-state index contributed by atoms with van der Waals surface area (Å²) in [6, 6.07) is 16.2. The third-order valence-corrected chi connectivity index (χ3v) is 4.98. The van der Waals surface area contributed by atoms with Crippen LogP contribution < -0.4 is 16.0 Å². The molecule has 1 fully saturated rings. The molecule has 0 bridgehead atoms. The van der Waals surface area contributed by atoms with Gasteiger partial charge in [-0.3, -0.25) is 19.8 Å². The third kappa shape index (κ3) is 4.87. The van der Waals surface area contributed by atoms with Crippen molar-refractivity contribution in [1.29, 1.82) is 5.26 Å². The summed E-state index contributed by atoms with van der Waals surface area (Å²) in [6.45, 7) is 1.65. The van der Waals surface area contributed by atoms with Gasteiger partial charge in [-0.1, -0.05) is 42.5 Å². The molecule has 9 heteroatoms. The topological polar surface area (TPSA) is 131 Å². The molecule has 0 aromatic heterocycles. The smallest absolute Gasteiger partial charge is 0.325 e. The molecule has 2 aromatic rings. The van der Waals surface area contributed by atoms with Gasteiger partial charge < -0.3 is 10.6 Å². The van der Waals surface area contributed by atoms with Crippen LogP contribution in [0.1, 0.15) is 30.0 Å². The lowest BCUT2D eigenvalue weighted by Crippen LogP contribution is -2.42. The number of nitrogens with one attached hydrogen (secondary N) is 3. The Labute approximate surface area is 179 Å². The van der Waals surface area contributed by atoms with Gasteiger partial charge in [-0.2, -0.15) is 5.26 Å². The standard InChI is InChI=1S/C22H21N5O4/c1-22(17-9-7-15(13-23)8-10-17)19(29)27(21(31)26-22)12-11-18(28)25-20(30)24-14-16-5-3-2-4-6-16/h2-10H,11-12,14H2,1H3,(H,26,31)(H2,24,25,28,30). The Bertz CT molecular complexity index is 1050. The first-order valence-corrected chi connectivity index (χ1v) is 9.60. The van der Waals surface area contributed by atoms with Crippen LogP contribution in [0.2, 0.25) is 0 Å². The van der Waals surface area contributed by atoms with Crippen LogP contribution in [0.5, 0.6) is 0 Å². The summed E-state index contributed by atoms with van der Waals surface area (Å²) in [5.74, 6) is -1.12. The van der Waals surface area contributed by atoms with Crippen molar-refractivity contribution in [3.8, 4) is 6.07 Å². The van der Waals surface area contributed by atoms with E-state index in [1.54, 1.807) is 31.2 Å². The fourth-order valence-corrected chi connectivity index (χ4v) is 3.20. The minimum Gasteiger partial charge on any atom is -0.334 e. The van der Waals surface area contributed by atoms with Crippen molar-refractivity contribution in [3.63, 3.8) is 0 Å². The predicted octanol–water partition coefficient (Wildman–Crippen LogP) is 1.74. The van der Waals surface area contributed by atoms with Gasteiger partial charge in [0.2, 0.25) is 5.91 Å². The number of nitriles is 1. The first-order valence-electron chi connectivity index (χ1n) is 9.60. The zero-order valence-corrected chi connectivity index (χ0v) is 16.8. The number of nitrogens with zero attached hydrogens (tertiary/aromatic N) is 2. The van der Waals surface area contributed by atoms with Gasteiger partial charge in [-0.15, -0.1) is 0 Å². The minimum absolute atomic E-state index is 0.172. The van der Waals surface area contributed by atoms with Crippen LogP contribution in [-0.4, -0.2) is 35.3 Å². The third-order valence-electron chi connectivity index (χ3n) is 4.98. The summed E-state index contributed by atoms with van der Waals surface area (Å²) >= 11 is 0. The quantitative estimate of drug-likeness (QED) is 0.614. The van der Waals surface area contributed by atoms with Crippen molar-refractivity contribution in [2.75, 3.05) is 6.54 Å². The predicted molar refractivity (Wildman–Crippen MR) is 110 cm³/mol. The minimum atomic E-state index is -1.30. The van der Waals surface area contributed by atoms with Crippen LogP contribution in [0.4, 0.5) is 9.59 Å². The van der Waals surface area contributed by atoms with Gasteiger partial charge in [0.1, 0.15) is 5.54 Å². The van der Waals surface area contributed by atoms with Crippen molar-refractivity contribution in [3.05, 3.63) is 71.3 Å². The lowest BCUT2D eigenvalue weighted by atomic mass is 9.91. The molecule has 0 saturated carbocycles. The number of benzene rings is 2. The Morgan fingerprint density at radius 1 is 1.10 bits per heavy atom. The SMILES string of the molecule is CC1(c2ccc(C#N)cc2)NC(=O)N(CCC(=O)NC(=O)NCc2ccccc2)C1=O. The largest absolute Gasteiger partial charge is 0.334 e. The highest BCUT2D eigenvalue weighted by molar-refractivity contribution is 6.07. The van der Waals surface area contributed by atoms with E-state index in [9.17, 15) is 19.2 Å². The molecule has 9 nitrogen and oxygen atoms in total. The molecule has 0 radical (unpaired) electrons. The molecule has 1 heterocycles. The van der Waals surface area contributed by atoms with E-state index >= 15 is 0 Å². The molecule has 1 unspecified atom stereocenters. The van der Waals surface area contributed by atoms with E-state index in [-0.39, 0.29) is 19.5 Å². The van der Waals surface area contributed by atoms with Gasteiger partial charge >= 0.3 is 12.1 Å². The average Bonchev–Trinajstić information content (AvgIpc) is 3.00. The number of hydrogen-bond acceptors (Lipinski definition) is 5. The summed E-state index contributed by atoms with van der Waals surface area (Å²) < 4.78 is 0. The fraction of sp³-hybridized carbons (Fsp3) is 0.227. The summed E-state index contributed by atoms with van der Waals surface area (Å²) in [5, 5.41) is 16.3. The number of imide groups is 2. The van der Waals surface area contributed by atoms with Crippen molar-refractivity contribution < 1.29 is 19.2 Å². The number of carbonyl (C=O) groups excluding carboxylic acids is 4. The second-order valence-corrected chi connectivity index (χ2v) is 7.17. The molecular formula is C22H21N5O4. The van der Waals surface area contributed by atoms with Gasteiger partial charge in [-0.05, 0) is 30.2 Å². The van der Waals surface area contributed by atoms with Gasteiger partial charge in [0, 0.05) is 19.5 Å². The maximum Gasteiger partial charge on any atom is 0.325 e. The van der Waals surface area contributed by atoms with E-state index in [4.69, 9.17) is 5.26 Å². The van der Waals surface area contributed by atoms with Gasteiger partial charge in [0.05, 0.1) is 11.6 Å². The van der Waals surface area contributed by atoms with E-state index in [0.717, 1.165) is 10.5 Å². The summed E-state index contributed by atoms with van der Waals surface area (Å²) in [4.78, 5) is 50.0. The molecule has 6 amide bonds. The second kappa shape index (κ2) is 9.09. The molecule has 3 rings (SSSR count). The molecule has 2 aromatic carbocycles. The zero-order valence-electron chi connectivity index (χ0n) is 16.8. The Hall–Kier alpha value is -4.19. The number of amides is 6. The average molecular weight is 419 g/mol. The van der Waals surface area contributed by atoms with E-state index < -0.39 is 29.4 Å². The van der Waals surface area contributed by atoms with E-state index in [1.807, 2.05) is 36.4 Å². The maximum absolute atomic E-state index is 12.9. The first-order chi connectivity index (χ1) is 14.8. The van der Waals surface area contributed by atoms with Crippen LogP contribution in [0, 0.1) is 11.3 Å². The van der Waals surface area contributed by atoms with Gasteiger partial charge in [-0.25, -0.2) is 9.59 Å². The molecule has 3 N–H and O–H groups in total. The lowest BCUT2D eigenvalue weighted by molar-refractivity contribution is -0.131. The number of rotatable bonds is 6. The monoisotopic (exact) mass is 419 g/mol. The van der Waals surface area contributed by atoms with E-state index in [1.165, 1.54) is 0 Å². The molecule has 158 valence electrons. The number of carbonyl (C=O) groups is 4. The molecule has 0 spiro atoms. The highest BCUT2D eigenvalue weighted by Crippen LogP contribution is 2.29. The Kier molecular flexibility index (Phi) is 6.31. The van der Waals surface area contributed by atoms with E-state index in [0.29, 0.717) is 11.1 Å². The molecule has 1 aliphatic rings. The molecule has 0 aliphatic carbocycles. The molecule has 1 aliphatic heterocycles. The Balaban J connectivity index is 1.53. The van der Waals surface area contributed by atoms with Gasteiger partial charge in [0.15, 0.2) is 0 Å². The molecular weight excluding hydrogens is 398 g/mol. The van der Waals surface area contributed by atoms with Crippen LogP contribution >= 0.6 is 0 Å². The van der Waals surface area contributed by atoms with Crippen LogP contribution in [-0.2, 0) is 21.7 Å². The molecule has 1 atom stereocenters. The highest BCUT2D eigenvalue weighted by atomic mass is 16.2. The number of urea groups is 2. The van der Waals surface area contributed by atoms with Gasteiger partial charge in [0.25, 0.3) is 5.91 Å².